The van der Waals surface area contributed by atoms with Gasteiger partial charge in [0.25, 0.3) is 0 Å². The molecule has 2 aliphatic rings. The molecule has 28 heavy (non-hydrogen) atoms. The summed E-state index contributed by atoms with van der Waals surface area (Å²) < 4.78 is 0. The second-order valence-corrected chi connectivity index (χ2v) is 8.39. The molecule has 0 saturated heterocycles. The molecule has 150 valence electrons. The Kier molecular flexibility index (Phi) is 6.37. The molecule has 0 aromatic heterocycles. The van der Waals surface area contributed by atoms with Gasteiger partial charge in [-0.05, 0) is 43.0 Å². The van der Waals surface area contributed by atoms with E-state index in [9.17, 15) is 4.79 Å². The minimum atomic E-state index is -0.169. The normalized spacial score (nSPS) is 19.1. The highest BCUT2D eigenvalue weighted by Gasteiger charge is 2.30. The summed E-state index contributed by atoms with van der Waals surface area (Å²) in [6.45, 7) is 2.19. The third kappa shape index (κ3) is 4.93. The van der Waals surface area contributed by atoms with Gasteiger partial charge >= 0.3 is 6.03 Å². The van der Waals surface area contributed by atoms with E-state index in [-0.39, 0.29) is 28.6 Å². The maximum Gasteiger partial charge on any atom is 0.327 e. The number of anilines is 1. The summed E-state index contributed by atoms with van der Waals surface area (Å²) in [7, 11) is -0.123. The Labute approximate surface area is 167 Å². The van der Waals surface area contributed by atoms with E-state index >= 15 is 0 Å². The van der Waals surface area contributed by atoms with Gasteiger partial charge in [-0.15, -0.1) is 10.5 Å². The average molecular weight is 402 g/mol. The van der Waals surface area contributed by atoms with Crippen molar-refractivity contribution in [2.75, 3.05) is 24.2 Å². The number of rotatable bonds is 8. The summed E-state index contributed by atoms with van der Waals surface area (Å²) in [6.07, 6.45) is 6.69. The molecule has 1 aromatic rings. The summed E-state index contributed by atoms with van der Waals surface area (Å²) in [5.41, 5.74) is 13.6. The molecule has 0 aliphatic carbocycles. The summed E-state index contributed by atoms with van der Waals surface area (Å²) in [4.78, 5) is 18.1. The standard InChI is InChI=1S/C19H27N7OS/c1-28(2)16-10-14-12-26(19(27)25-17(14)24-16)15-6-4-13(5-7-15)11-22-8-3-9-23-18(20)21/h4-7,10,12,17,22,24H,1,3,8-9,11H2,2H3,(H,25,27)(H4,20,21,23). The number of nitrogens with two attached hydrogens (primary N) is 2. The number of amides is 2. The predicted octanol–water partition coefficient (Wildman–Crippen LogP) is 0.955. The third-order valence-electron chi connectivity index (χ3n) is 4.41. The quantitative estimate of drug-likeness (QED) is 0.192. The second-order valence-electron chi connectivity index (χ2n) is 6.68. The van der Waals surface area contributed by atoms with Crippen LogP contribution in [0.1, 0.15) is 12.0 Å². The van der Waals surface area contributed by atoms with Crippen molar-refractivity contribution in [3.8, 4) is 0 Å². The number of fused-ring (bicyclic) bond motifs is 1. The fourth-order valence-corrected chi connectivity index (χ4v) is 3.60. The number of carbonyl (C=O) groups is 1. The van der Waals surface area contributed by atoms with Gasteiger partial charge in [0.15, 0.2) is 5.96 Å². The summed E-state index contributed by atoms with van der Waals surface area (Å²) in [5, 5.41) is 10.7. The van der Waals surface area contributed by atoms with Crippen LogP contribution < -0.4 is 32.3 Å². The number of nitrogens with zero attached hydrogens (tertiary/aromatic N) is 2. The van der Waals surface area contributed by atoms with E-state index in [1.165, 1.54) is 0 Å². The Morgan fingerprint density at radius 2 is 2.07 bits per heavy atom. The van der Waals surface area contributed by atoms with Gasteiger partial charge in [0.1, 0.15) is 6.17 Å². The van der Waals surface area contributed by atoms with Crippen molar-refractivity contribution in [2.24, 2.45) is 16.5 Å². The van der Waals surface area contributed by atoms with Gasteiger partial charge < -0.3 is 27.4 Å². The number of hydrogen-bond acceptors (Lipinski definition) is 4. The highest BCUT2D eigenvalue weighted by Crippen LogP contribution is 2.29. The monoisotopic (exact) mass is 401 g/mol. The highest BCUT2D eigenvalue weighted by molar-refractivity contribution is 8.16. The van der Waals surface area contributed by atoms with Crippen LogP contribution in [-0.2, 0) is 6.54 Å². The Bertz CT molecular complexity index is 840. The van der Waals surface area contributed by atoms with E-state index < -0.39 is 0 Å². The van der Waals surface area contributed by atoms with E-state index in [2.05, 4.69) is 32.9 Å². The lowest BCUT2D eigenvalue weighted by Gasteiger charge is -2.29. The zero-order valence-corrected chi connectivity index (χ0v) is 16.8. The first-order valence-electron chi connectivity index (χ1n) is 9.04. The van der Waals surface area contributed by atoms with Crippen molar-refractivity contribution in [3.05, 3.63) is 52.7 Å². The molecule has 0 radical (unpaired) electrons. The fraction of sp³-hybridized carbons (Fsp3) is 0.316. The number of urea groups is 1. The molecular weight excluding hydrogens is 374 g/mol. The van der Waals surface area contributed by atoms with Crippen LogP contribution in [0.15, 0.2) is 52.1 Å². The van der Waals surface area contributed by atoms with Crippen molar-refractivity contribution in [1.82, 2.24) is 16.0 Å². The number of benzene rings is 1. The summed E-state index contributed by atoms with van der Waals surface area (Å²) >= 11 is 0. The van der Waals surface area contributed by atoms with E-state index in [1.54, 1.807) is 4.90 Å². The number of aliphatic imine (C=N–C) groups is 1. The molecular formula is C19H27N7OS. The van der Waals surface area contributed by atoms with Gasteiger partial charge in [0.2, 0.25) is 0 Å². The van der Waals surface area contributed by atoms with Crippen LogP contribution in [0.2, 0.25) is 0 Å². The molecule has 2 aliphatic heterocycles. The largest absolute Gasteiger partial charge is 0.370 e. The van der Waals surface area contributed by atoms with Crippen LogP contribution >= 0.6 is 10.5 Å². The van der Waals surface area contributed by atoms with Gasteiger partial charge in [-0.2, -0.15) is 0 Å². The maximum absolute atomic E-state index is 12.5. The molecule has 7 N–H and O–H groups in total. The Morgan fingerprint density at radius 1 is 1.32 bits per heavy atom. The van der Waals surface area contributed by atoms with Crippen LogP contribution in [0.3, 0.4) is 0 Å². The summed E-state index contributed by atoms with van der Waals surface area (Å²) in [6, 6.07) is 7.79. The first kappa shape index (κ1) is 20.0. The molecule has 3 rings (SSSR count). The predicted molar refractivity (Wildman–Crippen MR) is 118 cm³/mol. The van der Waals surface area contributed by atoms with Crippen molar-refractivity contribution in [2.45, 2.75) is 19.1 Å². The van der Waals surface area contributed by atoms with Gasteiger partial charge in [-0.3, -0.25) is 9.89 Å². The minimum Gasteiger partial charge on any atom is -0.370 e. The first-order chi connectivity index (χ1) is 13.4. The SMILES string of the molecule is C=S(C)C1=CC2=CN(c3ccc(CNCCCN=C(N)N)cc3)C(=O)NC2N1. The van der Waals surface area contributed by atoms with E-state index in [4.69, 9.17) is 11.5 Å². The van der Waals surface area contributed by atoms with E-state index in [0.29, 0.717) is 6.54 Å². The number of hydrogen-bond donors (Lipinski definition) is 5. The van der Waals surface area contributed by atoms with Crippen molar-refractivity contribution in [1.29, 1.82) is 0 Å². The second kappa shape index (κ2) is 8.94. The average Bonchev–Trinajstić information content (AvgIpc) is 3.07. The molecule has 8 nitrogen and oxygen atoms in total. The topological polar surface area (TPSA) is 121 Å². The third-order valence-corrected chi connectivity index (χ3v) is 5.39. The molecule has 2 heterocycles. The maximum atomic E-state index is 12.5. The molecule has 0 saturated carbocycles. The minimum absolute atomic E-state index is 0.123. The lowest BCUT2D eigenvalue weighted by molar-refractivity contribution is 0.244. The van der Waals surface area contributed by atoms with Crippen LogP contribution in [0.4, 0.5) is 10.5 Å². The molecule has 0 bridgehead atoms. The van der Waals surface area contributed by atoms with Crippen LogP contribution in [-0.4, -0.2) is 43.4 Å². The molecule has 2 amide bonds. The van der Waals surface area contributed by atoms with Gasteiger partial charge in [-0.1, -0.05) is 18.0 Å². The molecule has 0 fully saturated rings. The van der Waals surface area contributed by atoms with E-state index in [1.807, 2.05) is 36.7 Å². The molecule has 2 atom stereocenters. The van der Waals surface area contributed by atoms with Gasteiger partial charge in [-0.25, -0.2) is 4.79 Å². The Morgan fingerprint density at radius 3 is 2.75 bits per heavy atom. The van der Waals surface area contributed by atoms with Crippen LogP contribution in [0, 0.1) is 0 Å². The lowest BCUT2D eigenvalue weighted by Crippen LogP contribution is -2.51. The zero-order chi connectivity index (χ0) is 20.1. The number of carbonyl (C=O) groups excluding carboxylic acids is 1. The van der Waals surface area contributed by atoms with Crippen molar-refractivity contribution in [3.63, 3.8) is 0 Å². The lowest BCUT2D eigenvalue weighted by atomic mass is 10.1. The molecule has 2 unspecified atom stereocenters. The van der Waals surface area contributed by atoms with Crippen molar-refractivity contribution >= 4 is 34.0 Å². The smallest absolute Gasteiger partial charge is 0.327 e. The van der Waals surface area contributed by atoms with Crippen molar-refractivity contribution < 1.29 is 4.79 Å². The number of nitrogens with one attached hydrogen (secondary N) is 3. The van der Waals surface area contributed by atoms with Crippen LogP contribution in [0.25, 0.3) is 0 Å². The fourth-order valence-electron chi connectivity index (χ4n) is 2.95. The zero-order valence-electron chi connectivity index (χ0n) is 15.9. The summed E-state index contributed by atoms with van der Waals surface area (Å²) in [5.74, 6) is 4.18. The van der Waals surface area contributed by atoms with Gasteiger partial charge in [0.05, 0.1) is 10.7 Å². The van der Waals surface area contributed by atoms with Crippen LogP contribution in [0.5, 0.6) is 0 Å². The Hall–Kier alpha value is -2.78. The highest BCUT2D eigenvalue weighted by atomic mass is 32.2. The molecule has 0 spiro atoms. The van der Waals surface area contributed by atoms with Gasteiger partial charge in [0, 0.05) is 24.9 Å². The molecule has 1 aromatic carbocycles. The number of guanidine groups is 1. The Balaban J connectivity index is 1.58. The molecule has 9 heteroatoms. The first-order valence-corrected chi connectivity index (χ1v) is 10.8. The van der Waals surface area contributed by atoms with E-state index in [0.717, 1.165) is 41.4 Å².